The number of carboxylic acids is 1. The summed E-state index contributed by atoms with van der Waals surface area (Å²) in [5.41, 5.74) is -0.271. The minimum absolute atomic E-state index is 0.0210. The van der Waals surface area contributed by atoms with Crippen LogP contribution in [0.3, 0.4) is 0 Å². The minimum atomic E-state index is -1.39. The number of nitrogens with one attached hydrogen (secondary N) is 1. The van der Waals surface area contributed by atoms with Crippen molar-refractivity contribution in [2.45, 2.75) is 19.4 Å². The summed E-state index contributed by atoms with van der Waals surface area (Å²) >= 11 is 0. The quantitative estimate of drug-likeness (QED) is 0.775. The lowest BCUT2D eigenvalue weighted by Crippen LogP contribution is -2.46. The van der Waals surface area contributed by atoms with E-state index in [4.69, 9.17) is 5.11 Å². The standard InChI is InChI=1S/C14H17FN2O4/c1-8-7-17(5-4-12(8)18)14(21)16-9-2-3-11(15)10(6-9)13(19)20/h2-3,6,8,12,18H,4-5,7H2,1H3,(H,16,21)(H,19,20). The Morgan fingerprint density at radius 1 is 1.43 bits per heavy atom. The summed E-state index contributed by atoms with van der Waals surface area (Å²) in [5, 5.41) is 21.0. The Bertz CT molecular complexity index is 564. The topological polar surface area (TPSA) is 89.9 Å². The molecule has 2 rings (SSSR count). The third kappa shape index (κ3) is 3.49. The van der Waals surface area contributed by atoms with Crippen LogP contribution in [-0.2, 0) is 0 Å². The number of carbonyl (C=O) groups is 2. The highest BCUT2D eigenvalue weighted by molar-refractivity contribution is 5.93. The Morgan fingerprint density at radius 3 is 2.76 bits per heavy atom. The normalized spacial score (nSPS) is 22.0. The number of urea groups is 1. The van der Waals surface area contributed by atoms with Gasteiger partial charge < -0.3 is 20.4 Å². The number of aliphatic hydroxyl groups is 1. The number of piperidine rings is 1. The van der Waals surface area contributed by atoms with Crippen molar-refractivity contribution in [2.75, 3.05) is 18.4 Å². The zero-order valence-corrected chi connectivity index (χ0v) is 11.5. The van der Waals surface area contributed by atoms with Crippen molar-refractivity contribution in [3.05, 3.63) is 29.6 Å². The molecule has 21 heavy (non-hydrogen) atoms. The lowest BCUT2D eigenvalue weighted by Gasteiger charge is -2.34. The SMILES string of the molecule is CC1CN(C(=O)Nc2ccc(F)c(C(=O)O)c2)CCC1O. The molecular weight excluding hydrogens is 279 g/mol. The number of rotatable bonds is 2. The molecular formula is C14H17FN2O4. The van der Waals surface area contributed by atoms with Gasteiger partial charge in [0.25, 0.3) is 0 Å². The molecule has 0 bridgehead atoms. The number of carboxylic acid groups (broad SMARTS) is 1. The zero-order valence-electron chi connectivity index (χ0n) is 11.5. The van der Waals surface area contributed by atoms with Crippen LogP contribution in [0.25, 0.3) is 0 Å². The fourth-order valence-electron chi connectivity index (χ4n) is 2.29. The van der Waals surface area contributed by atoms with Gasteiger partial charge >= 0.3 is 12.0 Å². The van der Waals surface area contributed by atoms with Crippen molar-refractivity contribution >= 4 is 17.7 Å². The van der Waals surface area contributed by atoms with Crippen LogP contribution in [0.15, 0.2) is 18.2 Å². The van der Waals surface area contributed by atoms with E-state index in [0.29, 0.717) is 19.5 Å². The van der Waals surface area contributed by atoms with Gasteiger partial charge in [-0.3, -0.25) is 0 Å². The third-order valence-electron chi connectivity index (χ3n) is 3.60. The van der Waals surface area contributed by atoms with E-state index < -0.39 is 29.5 Å². The average Bonchev–Trinajstić information content (AvgIpc) is 2.43. The fraction of sp³-hybridized carbons (Fsp3) is 0.429. The molecule has 1 aromatic carbocycles. The number of aromatic carboxylic acids is 1. The zero-order chi connectivity index (χ0) is 15.6. The van der Waals surface area contributed by atoms with E-state index in [-0.39, 0.29) is 11.6 Å². The number of hydrogen-bond acceptors (Lipinski definition) is 3. The van der Waals surface area contributed by atoms with Gasteiger partial charge in [-0.1, -0.05) is 6.92 Å². The van der Waals surface area contributed by atoms with Crippen molar-refractivity contribution in [3.8, 4) is 0 Å². The van der Waals surface area contributed by atoms with E-state index in [1.165, 1.54) is 6.07 Å². The lowest BCUT2D eigenvalue weighted by molar-refractivity contribution is 0.0505. The van der Waals surface area contributed by atoms with E-state index in [9.17, 15) is 19.1 Å². The second kappa shape index (κ2) is 6.09. The molecule has 1 heterocycles. The Labute approximate surface area is 121 Å². The van der Waals surface area contributed by atoms with Crippen LogP contribution in [0.2, 0.25) is 0 Å². The van der Waals surface area contributed by atoms with Gasteiger partial charge in [0.1, 0.15) is 5.82 Å². The van der Waals surface area contributed by atoms with Gasteiger partial charge in [0, 0.05) is 18.8 Å². The Morgan fingerprint density at radius 2 is 2.14 bits per heavy atom. The summed E-state index contributed by atoms with van der Waals surface area (Å²) in [4.78, 5) is 24.5. The molecule has 2 atom stereocenters. The number of benzene rings is 1. The monoisotopic (exact) mass is 296 g/mol. The van der Waals surface area contributed by atoms with Gasteiger partial charge in [-0.2, -0.15) is 0 Å². The van der Waals surface area contributed by atoms with Crippen LogP contribution in [0.1, 0.15) is 23.7 Å². The number of anilines is 1. The summed E-state index contributed by atoms with van der Waals surface area (Å²) in [6, 6.07) is 3.00. The molecule has 6 nitrogen and oxygen atoms in total. The summed E-state index contributed by atoms with van der Waals surface area (Å²) in [7, 11) is 0. The largest absolute Gasteiger partial charge is 0.478 e. The van der Waals surface area contributed by atoms with Crippen LogP contribution >= 0.6 is 0 Å². The number of halogens is 1. The molecule has 3 N–H and O–H groups in total. The number of nitrogens with zero attached hydrogens (tertiary/aromatic N) is 1. The first-order valence-corrected chi connectivity index (χ1v) is 6.65. The summed E-state index contributed by atoms with van der Waals surface area (Å²) < 4.78 is 13.3. The van der Waals surface area contributed by atoms with Crippen molar-refractivity contribution < 1.29 is 24.2 Å². The maximum atomic E-state index is 13.3. The van der Waals surface area contributed by atoms with Crippen molar-refractivity contribution in [1.82, 2.24) is 4.90 Å². The second-order valence-electron chi connectivity index (χ2n) is 5.21. The van der Waals surface area contributed by atoms with Crippen LogP contribution in [0.5, 0.6) is 0 Å². The van der Waals surface area contributed by atoms with Gasteiger partial charge in [-0.15, -0.1) is 0 Å². The average molecular weight is 296 g/mol. The number of hydrogen-bond donors (Lipinski definition) is 3. The minimum Gasteiger partial charge on any atom is -0.478 e. The van der Waals surface area contributed by atoms with Gasteiger partial charge in [0.15, 0.2) is 0 Å². The Hall–Kier alpha value is -2.15. The molecule has 0 saturated carbocycles. The lowest BCUT2D eigenvalue weighted by atomic mass is 9.97. The maximum Gasteiger partial charge on any atom is 0.338 e. The molecule has 2 unspecified atom stereocenters. The number of amides is 2. The number of carbonyl (C=O) groups excluding carboxylic acids is 1. The van der Waals surface area contributed by atoms with Gasteiger partial charge in [0.05, 0.1) is 11.7 Å². The Kier molecular flexibility index (Phi) is 4.42. The van der Waals surface area contributed by atoms with Crippen molar-refractivity contribution in [3.63, 3.8) is 0 Å². The fourth-order valence-corrected chi connectivity index (χ4v) is 2.29. The van der Waals surface area contributed by atoms with E-state index in [1.807, 2.05) is 6.92 Å². The highest BCUT2D eigenvalue weighted by Crippen LogP contribution is 2.19. The molecule has 1 aliphatic rings. The highest BCUT2D eigenvalue weighted by atomic mass is 19.1. The summed E-state index contributed by atoms with van der Waals surface area (Å²) in [5.74, 6) is -2.26. The molecule has 1 aromatic rings. The molecule has 0 spiro atoms. The first kappa shape index (κ1) is 15.2. The molecule has 1 aliphatic heterocycles. The predicted molar refractivity (Wildman–Crippen MR) is 73.7 cm³/mol. The second-order valence-corrected chi connectivity index (χ2v) is 5.21. The van der Waals surface area contributed by atoms with Crippen molar-refractivity contribution in [1.29, 1.82) is 0 Å². The summed E-state index contributed by atoms with van der Waals surface area (Å²) in [6.45, 7) is 2.69. The molecule has 114 valence electrons. The number of likely N-dealkylation sites (tertiary alicyclic amines) is 1. The molecule has 1 fully saturated rings. The molecule has 0 aliphatic carbocycles. The van der Waals surface area contributed by atoms with Gasteiger partial charge in [-0.05, 0) is 30.5 Å². The molecule has 7 heteroatoms. The molecule has 1 saturated heterocycles. The molecule has 2 amide bonds. The van der Waals surface area contributed by atoms with Crippen LogP contribution in [0.4, 0.5) is 14.9 Å². The maximum absolute atomic E-state index is 13.3. The number of aliphatic hydroxyl groups excluding tert-OH is 1. The Balaban J connectivity index is 2.06. The van der Waals surface area contributed by atoms with E-state index in [2.05, 4.69) is 5.32 Å². The van der Waals surface area contributed by atoms with E-state index in [0.717, 1.165) is 12.1 Å². The van der Waals surface area contributed by atoms with E-state index in [1.54, 1.807) is 4.90 Å². The van der Waals surface area contributed by atoms with Gasteiger partial charge in [0.2, 0.25) is 0 Å². The van der Waals surface area contributed by atoms with Gasteiger partial charge in [-0.25, -0.2) is 14.0 Å². The summed E-state index contributed by atoms with van der Waals surface area (Å²) in [6.07, 6.45) is 0.0803. The predicted octanol–water partition coefficient (Wildman–Crippen LogP) is 1.76. The highest BCUT2D eigenvalue weighted by Gasteiger charge is 2.27. The molecule has 0 radical (unpaired) electrons. The third-order valence-corrected chi connectivity index (χ3v) is 3.60. The molecule has 0 aromatic heterocycles. The van der Waals surface area contributed by atoms with Crippen LogP contribution < -0.4 is 5.32 Å². The van der Waals surface area contributed by atoms with Crippen molar-refractivity contribution in [2.24, 2.45) is 5.92 Å². The van der Waals surface area contributed by atoms with Crippen LogP contribution in [-0.4, -0.2) is 46.3 Å². The smallest absolute Gasteiger partial charge is 0.338 e. The van der Waals surface area contributed by atoms with E-state index >= 15 is 0 Å². The van der Waals surface area contributed by atoms with Crippen LogP contribution in [0, 0.1) is 11.7 Å². The first-order valence-electron chi connectivity index (χ1n) is 6.65. The first-order chi connectivity index (χ1) is 9.88.